The number of aryl methyl sites for hydroxylation is 3. The lowest BCUT2D eigenvalue weighted by Crippen LogP contribution is -2.30. The summed E-state index contributed by atoms with van der Waals surface area (Å²) in [5, 5.41) is 4.06. The third kappa shape index (κ3) is 3.02. The van der Waals surface area contributed by atoms with E-state index in [9.17, 15) is 8.78 Å². The van der Waals surface area contributed by atoms with E-state index >= 15 is 0 Å². The molecule has 1 unspecified atom stereocenters. The van der Waals surface area contributed by atoms with E-state index in [0.29, 0.717) is 18.4 Å². The molecule has 0 radical (unpaired) electrons. The monoisotopic (exact) mass is 280 g/mol. The first kappa shape index (κ1) is 14.6. The quantitative estimate of drug-likeness (QED) is 0.652. The Morgan fingerprint density at radius 2 is 2.15 bits per heavy atom. The smallest absolute Gasteiger partial charge is 0.133 e. The predicted molar refractivity (Wildman–Crippen MR) is 72.7 cm³/mol. The fourth-order valence-electron chi connectivity index (χ4n) is 2.22. The van der Waals surface area contributed by atoms with E-state index in [0.717, 1.165) is 5.56 Å². The van der Waals surface area contributed by atoms with Gasteiger partial charge in [0, 0.05) is 18.8 Å². The van der Waals surface area contributed by atoms with Gasteiger partial charge in [-0.2, -0.15) is 5.10 Å². The van der Waals surface area contributed by atoms with Crippen LogP contribution in [0.3, 0.4) is 0 Å². The Morgan fingerprint density at radius 3 is 2.75 bits per heavy atom. The van der Waals surface area contributed by atoms with Gasteiger partial charge in [-0.05, 0) is 37.0 Å². The van der Waals surface area contributed by atoms with Crippen LogP contribution in [0.1, 0.15) is 29.2 Å². The Labute approximate surface area is 116 Å². The number of nitrogens with one attached hydrogen (secondary N) is 1. The second-order valence-corrected chi connectivity index (χ2v) is 4.87. The summed E-state index contributed by atoms with van der Waals surface area (Å²) in [7, 11) is 1.82. The first-order chi connectivity index (χ1) is 9.52. The van der Waals surface area contributed by atoms with Crippen molar-refractivity contribution in [2.75, 3.05) is 0 Å². The maximum Gasteiger partial charge on any atom is 0.133 e. The molecule has 0 saturated carbocycles. The van der Waals surface area contributed by atoms with Crippen molar-refractivity contribution in [1.82, 2.24) is 15.2 Å². The van der Waals surface area contributed by atoms with Crippen molar-refractivity contribution < 1.29 is 8.78 Å². The highest BCUT2D eigenvalue weighted by Crippen LogP contribution is 2.26. The van der Waals surface area contributed by atoms with Crippen molar-refractivity contribution >= 4 is 0 Å². The lowest BCUT2D eigenvalue weighted by molar-refractivity contribution is 0.452. The summed E-state index contributed by atoms with van der Waals surface area (Å²) >= 11 is 0. The van der Waals surface area contributed by atoms with Crippen molar-refractivity contribution in [3.8, 4) is 0 Å². The summed E-state index contributed by atoms with van der Waals surface area (Å²) in [6, 6.07) is 2.11. The number of halogens is 2. The molecule has 2 aromatic rings. The maximum absolute atomic E-state index is 14.1. The molecule has 0 fully saturated rings. The molecular weight excluding hydrogens is 262 g/mol. The van der Waals surface area contributed by atoms with Gasteiger partial charge in [-0.3, -0.25) is 16.0 Å². The van der Waals surface area contributed by atoms with Crippen LogP contribution in [0.15, 0.2) is 24.5 Å². The van der Waals surface area contributed by atoms with E-state index in [2.05, 4.69) is 10.5 Å². The van der Waals surface area contributed by atoms with Crippen LogP contribution < -0.4 is 11.3 Å². The molecular formula is C14H18F2N4. The molecule has 0 amide bonds. The number of nitrogens with two attached hydrogens (primary N) is 1. The maximum atomic E-state index is 14.1. The van der Waals surface area contributed by atoms with Crippen LogP contribution in [0.2, 0.25) is 0 Å². The van der Waals surface area contributed by atoms with Gasteiger partial charge in [-0.1, -0.05) is 6.07 Å². The van der Waals surface area contributed by atoms with Gasteiger partial charge in [0.05, 0.1) is 12.2 Å². The van der Waals surface area contributed by atoms with E-state index in [-0.39, 0.29) is 5.56 Å². The Kier molecular flexibility index (Phi) is 4.46. The lowest BCUT2D eigenvalue weighted by atomic mass is 9.98. The number of benzene rings is 1. The average molecular weight is 280 g/mol. The molecule has 1 atom stereocenters. The molecule has 4 nitrogen and oxygen atoms in total. The van der Waals surface area contributed by atoms with Gasteiger partial charge in [0.15, 0.2) is 0 Å². The van der Waals surface area contributed by atoms with Crippen LogP contribution in [0.5, 0.6) is 0 Å². The fourth-order valence-corrected chi connectivity index (χ4v) is 2.22. The van der Waals surface area contributed by atoms with Crippen molar-refractivity contribution in [3.05, 3.63) is 52.9 Å². The molecule has 1 aromatic carbocycles. The number of hydrazine groups is 1. The van der Waals surface area contributed by atoms with E-state index in [1.807, 2.05) is 13.2 Å². The molecule has 0 aliphatic heterocycles. The number of rotatable bonds is 5. The van der Waals surface area contributed by atoms with Gasteiger partial charge in [0.2, 0.25) is 0 Å². The molecule has 1 heterocycles. The standard InChI is InChI=1S/C14H18F2N4/c1-9-3-5-11(15)13(14(9)16)12(19-17)6-4-10-7-18-20(2)8-10/h3,5,7-8,12,19H,4,6,17H2,1-2H3. The molecule has 2 rings (SSSR count). The summed E-state index contributed by atoms with van der Waals surface area (Å²) in [5.41, 5.74) is 3.90. The minimum Gasteiger partial charge on any atom is -0.276 e. The van der Waals surface area contributed by atoms with Crippen LogP contribution in [-0.2, 0) is 13.5 Å². The van der Waals surface area contributed by atoms with E-state index in [4.69, 9.17) is 5.84 Å². The first-order valence-corrected chi connectivity index (χ1v) is 6.41. The van der Waals surface area contributed by atoms with Crippen LogP contribution in [0, 0.1) is 18.6 Å². The third-order valence-electron chi connectivity index (χ3n) is 3.35. The molecule has 0 spiro atoms. The van der Waals surface area contributed by atoms with Gasteiger partial charge >= 0.3 is 0 Å². The van der Waals surface area contributed by atoms with Crippen LogP contribution in [-0.4, -0.2) is 9.78 Å². The number of hydrogen-bond donors (Lipinski definition) is 2. The highest BCUT2D eigenvalue weighted by molar-refractivity contribution is 5.29. The Hall–Kier alpha value is -1.79. The second-order valence-electron chi connectivity index (χ2n) is 4.87. The lowest BCUT2D eigenvalue weighted by Gasteiger charge is -2.18. The summed E-state index contributed by atoms with van der Waals surface area (Å²) in [6.07, 6.45) is 4.72. The third-order valence-corrected chi connectivity index (χ3v) is 3.35. The molecule has 1 aromatic heterocycles. The highest BCUT2D eigenvalue weighted by Gasteiger charge is 2.20. The normalized spacial score (nSPS) is 12.7. The SMILES string of the molecule is Cc1ccc(F)c(C(CCc2cnn(C)c2)NN)c1F. The van der Waals surface area contributed by atoms with Crippen LogP contribution >= 0.6 is 0 Å². The fraction of sp³-hybridized carbons (Fsp3) is 0.357. The van der Waals surface area contributed by atoms with E-state index in [1.54, 1.807) is 17.8 Å². The highest BCUT2D eigenvalue weighted by atomic mass is 19.1. The van der Waals surface area contributed by atoms with Crippen molar-refractivity contribution in [1.29, 1.82) is 0 Å². The summed E-state index contributed by atoms with van der Waals surface area (Å²) in [6.45, 7) is 1.60. The van der Waals surface area contributed by atoms with Crippen molar-refractivity contribution in [2.45, 2.75) is 25.8 Å². The summed E-state index contributed by atoms with van der Waals surface area (Å²) < 4.78 is 29.6. The Morgan fingerprint density at radius 1 is 1.40 bits per heavy atom. The summed E-state index contributed by atoms with van der Waals surface area (Å²) in [5.74, 6) is 4.33. The van der Waals surface area contributed by atoms with Crippen molar-refractivity contribution in [2.24, 2.45) is 12.9 Å². The Balaban J connectivity index is 2.18. The van der Waals surface area contributed by atoms with Gasteiger partial charge in [-0.15, -0.1) is 0 Å². The zero-order chi connectivity index (χ0) is 14.7. The van der Waals surface area contributed by atoms with Gasteiger partial charge < -0.3 is 0 Å². The molecule has 0 aliphatic carbocycles. The van der Waals surface area contributed by atoms with Crippen LogP contribution in [0.25, 0.3) is 0 Å². The van der Waals surface area contributed by atoms with Gasteiger partial charge in [0.1, 0.15) is 11.6 Å². The average Bonchev–Trinajstić information content (AvgIpc) is 2.84. The first-order valence-electron chi connectivity index (χ1n) is 6.41. The van der Waals surface area contributed by atoms with Crippen molar-refractivity contribution in [3.63, 3.8) is 0 Å². The van der Waals surface area contributed by atoms with Gasteiger partial charge in [0.25, 0.3) is 0 Å². The molecule has 20 heavy (non-hydrogen) atoms. The number of aromatic nitrogens is 2. The zero-order valence-electron chi connectivity index (χ0n) is 11.5. The predicted octanol–water partition coefficient (Wildman–Crippen LogP) is 2.14. The number of nitrogens with zero attached hydrogens (tertiary/aromatic N) is 2. The van der Waals surface area contributed by atoms with E-state index in [1.165, 1.54) is 12.1 Å². The molecule has 0 bridgehead atoms. The Bertz CT molecular complexity index is 595. The van der Waals surface area contributed by atoms with Crippen LogP contribution in [0.4, 0.5) is 8.78 Å². The molecule has 108 valence electrons. The number of hydrogen-bond acceptors (Lipinski definition) is 3. The zero-order valence-corrected chi connectivity index (χ0v) is 11.5. The molecule has 0 aliphatic rings. The molecule has 6 heteroatoms. The molecule has 3 N–H and O–H groups in total. The largest absolute Gasteiger partial charge is 0.276 e. The molecule has 0 saturated heterocycles. The summed E-state index contributed by atoms with van der Waals surface area (Å²) in [4.78, 5) is 0. The van der Waals surface area contributed by atoms with E-state index < -0.39 is 17.7 Å². The topological polar surface area (TPSA) is 55.9 Å². The second kappa shape index (κ2) is 6.11. The minimum absolute atomic E-state index is 0.00334. The van der Waals surface area contributed by atoms with Gasteiger partial charge in [-0.25, -0.2) is 8.78 Å². The minimum atomic E-state index is -0.581.